The number of halogens is 1. The predicted molar refractivity (Wildman–Crippen MR) is 131 cm³/mol. The maximum atomic E-state index is 13.5. The number of nitrogens with zero attached hydrogens (tertiary/aromatic N) is 2. The van der Waals surface area contributed by atoms with E-state index in [0.29, 0.717) is 10.2 Å². The lowest BCUT2D eigenvalue weighted by Gasteiger charge is -2.34. The van der Waals surface area contributed by atoms with Crippen LogP contribution in [0.4, 0.5) is 5.13 Å². The molecule has 0 radical (unpaired) electrons. The highest BCUT2D eigenvalue weighted by Gasteiger charge is 2.39. The zero-order chi connectivity index (χ0) is 23.2. The molecular formula is C24H20ClN3O3S2. The molecule has 1 aliphatic rings. The highest BCUT2D eigenvalue weighted by molar-refractivity contribution is 7.89. The molecule has 1 aromatic heterocycles. The van der Waals surface area contributed by atoms with Crippen LogP contribution in [0.5, 0.6) is 0 Å². The number of benzene rings is 3. The minimum Gasteiger partial charge on any atom is -0.301 e. The van der Waals surface area contributed by atoms with Gasteiger partial charge in [-0.15, -0.1) is 0 Å². The van der Waals surface area contributed by atoms with E-state index in [1.54, 1.807) is 0 Å². The van der Waals surface area contributed by atoms with E-state index in [1.807, 2.05) is 49.4 Å². The third-order valence-corrected chi connectivity index (χ3v) is 8.76. The van der Waals surface area contributed by atoms with Gasteiger partial charge in [-0.25, -0.2) is 13.4 Å². The van der Waals surface area contributed by atoms with Gasteiger partial charge in [0.15, 0.2) is 5.13 Å². The summed E-state index contributed by atoms with van der Waals surface area (Å²) >= 11 is 7.32. The van der Waals surface area contributed by atoms with Gasteiger partial charge in [-0.1, -0.05) is 53.3 Å². The Hall–Kier alpha value is -2.78. The van der Waals surface area contributed by atoms with Crippen molar-refractivity contribution in [2.24, 2.45) is 0 Å². The fourth-order valence-corrected chi connectivity index (χ4v) is 6.65. The van der Waals surface area contributed by atoms with Gasteiger partial charge >= 0.3 is 0 Å². The van der Waals surface area contributed by atoms with Gasteiger partial charge < -0.3 is 5.32 Å². The van der Waals surface area contributed by atoms with Crippen LogP contribution in [0.3, 0.4) is 0 Å². The first-order chi connectivity index (χ1) is 15.8. The number of aryl methyl sites for hydroxylation is 1. The Kier molecular flexibility index (Phi) is 5.70. The Bertz CT molecular complexity index is 1470. The van der Waals surface area contributed by atoms with Crippen molar-refractivity contribution < 1.29 is 13.2 Å². The first-order valence-electron chi connectivity index (χ1n) is 10.3. The van der Waals surface area contributed by atoms with Crippen LogP contribution in [-0.2, 0) is 27.8 Å². The molecule has 0 saturated heterocycles. The van der Waals surface area contributed by atoms with E-state index in [0.717, 1.165) is 26.9 Å². The summed E-state index contributed by atoms with van der Waals surface area (Å²) in [5.74, 6) is -0.405. The SMILES string of the molecule is Cc1ccc2nc(NC(=O)[C@H]3Cc4ccccc4CN3S(=O)(=O)c3ccc(Cl)cc3)sc2c1. The summed E-state index contributed by atoms with van der Waals surface area (Å²) in [7, 11) is -3.94. The Labute approximate surface area is 200 Å². The Balaban J connectivity index is 1.50. The fraction of sp³-hybridized carbons (Fsp3) is 0.167. The Morgan fingerprint density at radius 2 is 1.82 bits per heavy atom. The lowest BCUT2D eigenvalue weighted by molar-refractivity contribution is -0.120. The van der Waals surface area contributed by atoms with Crippen molar-refractivity contribution in [3.63, 3.8) is 0 Å². The molecule has 0 aliphatic carbocycles. The van der Waals surface area contributed by atoms with Crippen LogP contribution in [-0.4, -0.2) is 29.7 Å². The van der Waals surface area contributed by atoms with Crippen molar-refractivity contribution >= 4 is 54.2 Å². The number of fused-ring (bicyclic) bond motifs is 2. The van der Waals surface area contributed by atoms with E-state index in [1.165, 1.54) is 39.9 Å². The molecule has 1 amide bonds. The molecule has 4 aromatic rings. The predicted octanol–water partition coefficient (Wildman–Crippen LogP) is 5.01. The topological polar surface area (TPSA) is 79.4 Å². The van der Waals surface area contributed by atoms with Crippen molar-refractivity contribution in [2.45, 2.75) is 30.8 Å². The van der Waals surface area contributed by atoms with E-state index in [-0.39, 0.29) is 17.9 Å². The van der Waals surface area contributed by atoms with E-state index in [4.69, 9.17) is 11.6 Å². The molecule has 0 spiro atoms. The molecule has 1 aliphatic heterocycles. The second-order valence-electron chi connectivity index (χ2n) is 7.97. The summed E-state index contributed by atoms with van der Waals surface area (Å²) in [5, 5.41) is 3.75. The standard InChI is InChI=1S/C24H20ClN3O3S2/c1-15-6-11-20-22(12-15)32-24(26-20)27-23(29)21-13-16-4-2-3-5-17(16)14-28(21)33(30,31)19-9-7-18(25)8-10-19/h2-12,21H,13-14H2,1H3,(H,26,27,29)/t21-/m1/s1. The number of rotatable bonds is 4. The largest absolute Gasteiger partial charge is 0.301 e. The average Bonchev–Trinajstić information content (AvgIpc) is 3.19. The second-order valence-corrected chi connectivity index (χ2v) is 11.3. The second kappa shape index (κ2) is 8.53. The van der Waals surface area contributed by atoms with Crippen LogP contribution in [0.15, 0.2) is 71.6 Å². The van der Waals surface area contributed by atoms with Gasteiger partial charge in [-0.3, -0.25) is 4.79 Å². The van der Waals surface area contributed by atoms with Gasteiger partial charge in [-0.05, 0) is 66.4 Å². The minimum absolute atomic E-state index is 0.0968. The molecule has 0 fully saturated rings. The van der Waals surface area contributed by atoms with Crippen molar-refractivity contribution in [1.82, 2.24) is 9.29 Å². The summed E-state index contributed by atoms with van der Waals surface area (Å²) in [4.78, 5) is 18.0. The number of sulfonamides is 1. The molecule has 6 nitrogen and oxygen atoms in total. The van der Waals surface area contributed by atoms with Crippen molar-refractivity contribution in [3.8, 4) is 0 Å². The van der Waals surface area contributed by atoms with Gasteiger partial charge in [-0.2, -0.15) is 4.31 Å². The van der Waals surface area contributed by atoms with Crippen molar-refractivity contribution in [1.29, 1.82) is 0 Å². The van der Waals surface area contributed by atoms with Crippen LogP contribution in [0, 0.1) is 6.92 Å². The summed E-state index contributed by atoms with van der Waals surface area (Å²) in [5.41, 5.74) is 3.74. The highest BCUT2D eigenvalue weighted by Crippen LogP contribution is 2.32. The third-order valence-electron chi connectivity index (χ3n) is 5.70. The molecule has 2 heterocycles. The number of hydrogen-bond acceptors (Lipinski definition) is 5. The van der Waals surface area contributed by atoms with Gasteiger partial charge in [0, 0.05) is 11.6 Å². The number of carbonyl (C=O) groups is 1. The van der Waals surface area contributed by atoms with Crippen LogP contribution in [0.2, 0.25) is 5.02 Å². The van der Waals surface area contributed by atoms with E-state index in [9.17, 15) is 13.2 Å². The first kappa shape index (κ1) is 22.0. The fourth-order valence-electron chi connectivity index (χ4n) is 3.99. The molecule has 3 aromatic carbocycles. The molecule has 168 valence electrons. The summed E-state index contributed by atoms with van der Waals surface area (Å²) < 4.78 is 29.3. The summed E-state index contributed by atoms with van der Waals surface area (Å²) in [6.45, 7) is 2.11. The number of carbonyl (C=O) groups excluding carboxylic acids is 1. The Morgan fingerprint density at radius 3 is 2.58 bits per heavy atom. The molecule has 0 unspecified atom stereocenters. The van der Waals surface area contributed by atoms with E-state index in [2.05, 4.69) is 10.3 Å². The maximum Gasteiger partial charge on any atom is 0.244 e. The molecule has 0 saturated carbocycles. The number of anilines is 1. The van der Waals surface area contributed by atoms with Crippen LogP contribution in [0.25, 0.3) is 10.2 Å². The maximum absolute atomic E-state index is 13.5. The van der Waals surface area contributed by atoms with Crippen molar-refractivity contribution in [2.75, 3.05) is 5.32 Å². The first-order valence-corrected chi connectivity index (χ1v) is 13.0. The van der Waals surface area contributed by atoms with Gasteiger partial charge in [0.25, 0.3) is 0 Å². The highest BCUT2D eigenvalue weighted by atomic mass is 35.5. The van der Waals surface area contributed by atoms with Gasteiger partial charge in [0.1, 0.15) is 6.04 Å². The normalized spacial score (nSPS) is 16.5. The number of amides is 1. The molecule has 1 N–H and O–H groups in total. The van der Waals surface area contributed by atoms with Gasteiger partial charge in [0.05, 0.1) is 15.1 Å². The molecule has 33 heavy (non-hydrogen) atoms. The van der Waals surface area contributed by atoms with E-state index < -0.39 is 22.0 Å². The summed E-state index contributed by atoms with van der Waals surface area (Å²) in [6.07, 6.45) is 0.277. The third kappa shape index (κ3) is 4.27. The lowest BCUT2D eigenvalue weighted by atomic mass is 9.95. The van der Waals surface area contributed by atoms with Crippen molar-refractivity contribution in [3.05, 3.63) is 88.4 Å². The van der Waals surface area contributed by atoms with Gasteiger partial charge in [0.2, 0.25) is 15.9 Å². The molecule has 0 bridgehead atoms. The van der Waals surface area contributed by atoms with Crippen LogP contribution in [0.1, 0.15) is 16.7 Å². The average molecular weight is 498 g/mol. The number of aromatic nitrogens is 1. The minimum atomic E-state index is -3.94. The van der Waals surface area contributed by atoms with E-state index >= 15 is 0 Å². The molecule has 9 heteroatoms. The number of thiazole rings is 1. The smallest absolute Gasteiger partial charge is 0.244 e. The monoisotopic (exact) mass is 497 g/mol. The molecule has 1 atom stereocenters. The quantitative estimate of drug-likeness (QED) is 0.429. The number of hydrogen-bond donors (Lipinski definition) is 1. The Morgan fingerprint density at radius 1 is 1.09 bits per heavy atom. The van der Waals surface area contributed by atoms with Crippen LogP contribution < -0.4 is 5.32 Å². The molecular weight excluding hydrogens is 478 g/mol. The van der Waals surface area contributed by atoms with Crippen LogP contribution >= 0.6 is 22.9 Å². The molecule has 5 rings (SSSR count). The number of nitrogens with one attached hydrogen (secondary N) is 1. The summed E-state index contributed by atoms with van der Waals surface area (Å²) in [6, 6.07) is 18.6. The zero-order valence-electron chi connectivity index (χ0n) is 17.7. The lowest BCUT2D eigenvalue weighted by Crippen LogP contribution is -2.50. The zero-order valence-corrected chi connectivity index (χ0v) is 20.0.